The Labute approximate surface area is 147 Å². The van der Waals surface area contributed by atoms with E-state index in [-0.39, 0.29) is 12.4 Å². The number of esters is 1. The molecular formula is C21H19NO3. The van der Waals surface area contributed by atoms with Gasteiger partial charge >= 0.3 is 5.97 Å². The van der Waals surface area contributed by atoms with E-state index in [9.17, 15) is 14.9 Å². The standard InChI is InChI=1S/C21H19NO3/c1-3-25-20(24)21(13-22)17(15-11-9-14(2)10-12-15)18(21)19(23)16-7-5-4-6-8-16/h4-12,17-18H,3H2,1-2H3/t17-,18+,21-/m1/s1. The summed E-state index contributed by atoms with van der Waals surface area (Å²) in [4.78, 5) is 25.5. The Morgan fingerprint density at radius 3 is 2.32 bits per heavy atom. The molecule has 0 spiro atoms. The average molecular weight is 333 g/mol. The van der Waals surface area contributed by atoms with Crippen LogP contribution < -0.4 is 0 Å². The van der Waals surface area contributed by atoms with Crippen molar-refractivity contribution in [2.75, 3.05) is 6.61 Å². The lowest BCUT2D eigenvalue weighted by molar-refractivity contribution is -0.147. The molecule has 4 heteroatoms. The van der Waals surface area contributed by atoms with Gasteiger partial charge in [0.1, 0.15) is 0 Å². The van der Waals surface area contributed by atoms with Crippen molar-refractivity contribution in [3.63, 3.8) is 0 Å². The molecule has 0 unspecified atom stereocenters. The van der Waals surface area contributed by atoms with E-state index < -0.39 is 23.2 Å². The number of carbonyl (C=O) groups is 2. The lowest BCUT2D eigenvalue weighted by atomic mass is 9.98. The Morgan fingerprint density at radius 2 is 1.76 bits per heavy atom. The maximum Gasteiger partial charge on any atom is 0.327 e. The predicted octanol–water partition coefficient (Wildman–Crippen LogP) is 3.66. The SMILES string of the molecule is CCOC(=O)[C@@]1(C#N)[C@H](C(=O)c2ccccc2)[C@H]1c1ccc(C)cc1. The van der Waals surface area contributed by atoms with Crippen molar-refractivity contribution in [3.8, 4) is 6.07 Å². The number of carbonyl (C=O) groups excluding carboxylic acids is 2. The van der Waals surface area contributed by atoms with E-state index in [0.29, 0.717) is 5.56 Å². The lowest BCUT2D eigenvalue weighted by Crippen LogP contribution is -2.23. The maximum atomic E-state index is 13.0. The second-order valence-electron chi connectivity index (χ2n) is 6.30. The summed E-state index contributed by atoms with van der Waals surface area (Å²) in [6.45, 7) is 3.83. The van der Waals surface area contributed by atoms with Crippen LogP contribution in [-0.2, 0) is 9.53 Å². The first-order valence-corrected chi connectivity index (χ1v) is 8.30. The molecule has 2 aromatic carbocycles. The molecule has 3 atom stereocenters. The van der Waals surface area contributed by atoms with Crippen LogP contribution in [0.15, 0.2) is 54.6 Å². The summed E-state index contributed by atoms with van der Waals surface area (Å²) in [5.41, 5.74) is 0.951. The summed E-state index contributed by atoms with van der Waals surface area (Å²) in [6.07, 6.45) is 0. The third-order valence-electron chi connectivity index (χ3n) is 4.78. The van der Waals surface area contributed by atoms with E-state index in [0.717, 1.165) is 11.1 Å². The van der Waals surface area contributed by atoms with Crippen molar-refractivity contribution in [1.29, 1.82) is 5.26 Å². The van der Waals surface area contributed by atoms with Crippen LogP contribution in [0.5, 0.6) is 0 Å². The Morgan fingerprint density at radius 1 is 1.12 bits per heavy atom. The van der Waals surface area contributed by atoms with Crippen LogP contribution in [0.2, 0.25) is 0 Å². The molecule has 0 aliphatic heterocycles. The second-order valence-corrected chi connectivity index (χ2v) is 6.30. The minimum absolute atomic E-state index is 0.176. The Hall–Kier alpha value is -2.93. The summed E-state index contributed by atoms with van der Waals surface area (Å²) in [5, 5.41) is 9.80. The lowest BCUT2D eigenvalue weighted by Gasteiger charge is -2.08. The van der Waals surface area contributed by atoms with Crippen LogP contribution in [0.25, 0.3) is 0 Å². The normalized spacial score (nSPS) is 24.2. The topological polar surface area (TPSA) is 67.2 Å². The van der Waals surface area contributed by atoms with Gasteiger partial charge in [-0.05, 0) is 19.4 Å². The van der Waals surface area contributed by atoms with E-state index in [1.54, 1.807) is 31.2 Å². The quantitative estimate of drug-likeness (QED) is 0.618. The molecule has 1 aliphatic rings. The number of hydrogen-bond acceptors (Lipinski definition) is 4. The van der Waals surface area contributed by atoms with Gasteiger partial charge in [-0.2, -0.15) is 5.26 Å². The van der Waals surface area contributed by atoms with E-state index in [4.69, 9.17) is 4.74 Å². The first-order valence-electron chi connectivity index (χ1n) is 8.30. The molecule has 126 valence electrons. The number of ketones is 1. The Balaban J connectivity index is 2.04. The molecule has 0 heterocycles. The molecule has 0 N–H and O–H groups in total. The number of rotatable bonds is 5. The molecule has 1 fully saturated rings. The summed E-state index contributed by atoms with van der Waals surface area (Å²) in [5.74, 6) is -2.01. The molecule has 4 nitrogen and oxygen atoms in total. The molecule has 1 saturated carbocycles. The number of hydrogen-bond donors (Lipinski definition) is 0. The van der Waals surface area contributed by atoms with Crippen molar-refractivity contribution in [2.45, 2.75) is 19.8 Å². The summed E-state index contributed by atoms with van der Waals surface area (Å²) in [7, 11) is 0. The molecular weight excluding hydrogens is 314 g/mol. The van der Waals surface area contributed by atoms with Crippen molar-refractivity contribution >= 4 is 11.8 Å². The number of nitriles is 1. The van der Waals surface area contributed by atoms with Gasteiger partial charge in [0.05, 0.1) is 18.6 Å². The van der Waals surface area contributed by atoms with E-state index >= 15 is 0 Å². The highest BCUT2D eigenvalue weighted by atomic mass is 16.5. The van der Waals surface area contributed by atoms with Gasteiger partial charge < -0.3 is 4.74 Å². The molecule has 3 rings (SSSR count). The van der Waals surface area contributed by atoms with Crippen molar-refractivity contribution in [2.24, 2.45) is 11.3 Å². The molecule has 0 bridgehead atoms. The van der Waals surface area contributed by atoms with Crippen LogP contribution in [0, 0.1) is 29.6 Å². The van der Waals surface area contributed by atoms with Gasteiger partial charge in [-0.1, -0.05) is 60.2 Å². The third-order valence-corrected chi connectivity index (χ3v) is 4.78. The van der Waals surface area contributed by atoms with Gasteiger partial charge in [0.15, 0.2) is 11.2 Å². The number of Topliss-reactive ketones (excluding diaryl/α,β-unsaturated/α-hetero) is 1. The highest BCUT2D eigenvalue weighted by molar-refractivity contribution is 6.07. The molecule has 2 aromatic rings. The van der Waals surface area contributed by atoms with Gasteiger partial charge in [0.25, 0.3) is 0 Å². The van der Waals surface area contributed by atoms with Crippen LogP contribution >= 0.6 is 0 Å². The van der Waals surface area contributed by atoms with E-state index in [1.807, 2.05) is 37.3 Å². The van der Waals surface area contributed by atoms with Gasteiger partial charge in [0.2, 0.25) is 0 Å². The van der Waals surface area contributed by atoms with Crippen molar-refractivity contribution < 1.29 is 14.3 Å². The number of aryl methyl sites for hydroxylation is 1. The van der Waals surface area contributed by atoms with Gasteiger partial charge in [-0.3, -0.25) is 9.59 Å². The zero-order chi connectivity index (χ0) is 18.0. The van der Waals surface area contributed by atoms with Crippen LogP contribution in [0.4, 0.5) is 0 Å². The van der Waals surface area contributed by atoms with Gasteiger partial charge in [-0.25, -0.2) is 0 Å². The first kappa shape index (κ1) is 16.9. The monoisotopic (exact) mass is 333 g/mol. The summed E-state index contributed by atoms with van der Waals surface area (Å²) in [6, 6.07) is 18.5. The van der Waals surface area contributed by atoms with E-state index in [1.165, 1.54) is 0 Å². The summed E-state index contributed by atoms with van der Waals surface area (Å²) < 4.78 is 5.14. The fourth-order valence-corrected chi connectivity index (χ4v) is 3.45. The predicted molar refractivity (Wildman–Crippen MR) is 92.9 cm³/mol. The molecule has 1 aliphatic carbocycles. The van der Waals surface area contributed by atoms with Crippen molar-refractivity contribution in [3.05, 3.63) is 71.3 Å². The molecule has 0 amide bonds. The Bertz CT molecular complexity index is 836. The summed E-state index contributed by atoms with van der Waals surface area (Å²) >= 11 is 0. The third kappa shape index (κ3) is 2.72. The molecule has 25 heavy (non-hydrogen) atoms. The van der Waals surface area contributed by atoms with Crippen LogP contribution in [-0.4, -0.2) is 18.4 Å². The van der Waals surface area contributed by atoms with Gasteiger partial charge in [-0.15, -0.1) is 0 Å². The average Bonchev–Trinajstić information content (AvgIpc) is 3.33. The largest absolute Gasteiger partial charge is 0.465 e. The zero-order valence-corrected chi connectivity index (χ0v) is 14.2. The minimum Gasteiger partial charge on any atom is -0.465 e. The fourth-order valence-electron chi connectivity index (χ4n) is 3.45. The van der Waals surface area contributed by atoms with Crippen LogP contribution in [0.1, 0.15) is 34.3 Å². The minimum atomic E-state index is -1.45. The molecule has 0 saturated heterocycles. The highest BCUT2D eigenvalue weighted by Gasteiger charge is 2.75. The zero-order valence-electron chi connectivity index (χ0n) is 14.2. The smallest absolute Gasteiger partial charge is 0.327 e. The van der Waals surface area contributed by atoms with Gasteiger partial charge in [0, 0.05) is 11.5 Å². The molecule has 0 radical (unpaired) electrons. The highest BCUT2D eigenvalue weighted by Crippen LogP contribution is 2.66. The first-order chi connectivity index (χ1) is 12.1. The maximum absolute atomic E-state index is 13.0. The van der Waals surface area contributed by atoms with Crippen molar-refractivity contribution in [1.82, 2.24) is 0 Å². The number of benzene rings is 2. The fraction of sp³-hybridized carbons (Fsp3) is 0.286. The second kappa shape index (κ2) is 6.52. The Kier molecular flexibility index (Phi) is 4.41. The molecule has 0 aromatic heterocycles. The number of ether oxygens (including phenoxy) is 1. The van der Waals surface area contributed by atoms with Crippen LogP contribution in [0.3, 0.4) is 0 Å². The van der Waals surface area contributed by atoms with E-state index in [2.05, 4.69) is 6.07 Å². The number of nitrogens with zero attached hydrogens (tertiary/aromatic N) is 1.